The van der Waals surface area contributed by atoms with E-state index in [2.05, 4.69) is 23.6 Å². The second-order valence-corrected chi connectivity index (χ2v) is 7.82. The van der Waals surface area contributed by atoms with Crippen LogP contribution in [0.1, 0.15) is 45.2 Å². The summed E-state index contributed by atoms with van der Waals surface area (Å²) in [6, 6.07) is 3.26. The molecule has 2 rings (SSSR count). The summed E-state index contributed by atoms with van der Waals surface area (Å²) < 4.78 is 27.9. The largest absolute Gasteiger partial charge is 0.325 e. The molecule has 2 atom stereocenters. The van der Waals surface area contributed by atoms with Crippen LogP contribution in [0.3, 0.4) is 0 Å². The minimum absolute atomic E-state index is 0.0259. The first-order valence-corrected chi connectivity index (χ1v) is 9.09. The van der Waals surface area contributed by atoms with Gasteiger partial charge in [0.2, 0.25) is 10.0 Å². The van der Waals surface area contributed by atoms with Crippen LogP contribution < -0.4 is 10.5 Å². The van der Waals surface area contributed by atoms with Crippen molar-refractivity contribution in [2.45, 2.75) is 57.0 Å². The fourth-order valence-electron chi connectivity index (χ4n) is 3.06. The van der Waals surface area contributed by atoms with E-state index in [1.54, 1.807) is 12.1 Å². The standard InChI is InChI=1S/C15H25N3O2S/c1-11(2)14-5-3-4-6-15(14)18-21(19,20)13-8-7-12(9-16)17-10-13/h7-8,10-11,14-15,18H,3-6,9,16H2,1-2H3. The average molecular weight is 311 g/mol. The highest BCUT2D eigenvalue weighted by molar-refractivity contribution is 7.89. The van der Waals surface area contributed by atoms with E-state index in [1.165, 1.54) is 12.6 Å². The van der Waals surface area contributed by atoms with Crippen molar-refractivity contribution in [3.63, 3.8) is 0 Å². The third-order valence-electron chi connectivity index (χ3n) is 4.30. The Kier molecular flexibility index (Phi) is 5.35. The molecule has 1 aliphatic carbocycles. The first kappa shape index (κ1) is 16.4. The van der Waals surface area contributed by atoms with Crippen LogP contribution in [0.4, 0.5) is 0 Å². The molecular formula is C15H25N3O2S. The van der Waals surface area contributed by atoms with Gasteiger partial charge in [0.25, 0.3) is 0 Å². The lowest BCUT2D eigenvalue weighted by Gasteiger charge is -2.34. The summed E-state index contributed by atoms with van der Waals surface area (Å²) in [6.07, 6.45) is 5.66. The van der Waals surface area contributed by atoms with Crippen LogP contribution in [-0.2, 0) is 16.6 Å². The summed E-state index contributed by atoms with van der Waals surface area (Å²) in [6.45, 7) is 4.63. The zero-order valence-electron chi connectivity index (χ0n) is 12.7. The second-order valence-electron chi connectivity index (χ2n) is 6.11. The Bertz CT molecular complexity index is 555. The van der Waals surface area contributed by atoms with Gasteiger partial charge in [0.1, 0.15) is 4.90 Å². The number of pyridine rings is 1. The van der Waals surface area contributed by atoms with Crippen LogP contribution in [0.5, 0.6) is 0 Å². The molecule has 0 spiro atoms. The number of rotatable bonds is 5. The molecule has 1 aromatic rings. The van der Waals surface area contributed by atoms with Gasteiger partial charge in [-0.2, -0.15) is 0 Å². The van der Waals surface area contributed by atoms with Gasteiger partial charge in [-0.05, 0) is 36.8 Å². The normalized spacial score (nSPS) is 23.4. The van der Waals surface area contributed by atoms with Crippen molar-refractivity contribution in [1.82, 2.24) is 9.71 Å². The van der Waals surface area contributed by atoms with Crippen molar-refractivity contribution >= 4 is 10.0 Å². The smallest absolute Gasteiger partial charge is 0.242 e. The van der Waals surface area contributed by atoms with Crippen molar-refractivity contribution in [2.75, 3.05) is 0 Å². The van der Waals surface area contributed by atoms with E-state index in [0.717, 1.165) is 19.3 Å². The van der Waals surface area contributed by atoms with Gasteiger partial charge in [-0.15, -0.1) is 0 Å². The highest BCUT2D eigenvalue weighted by Gasteiger charge is 2.31. The third-order valence-corrected chi connectivity index (χ3v) is 5.77. The minimum Gasteiger partial charge on any atom is -0.325 e. The van der Waals surface area contributed by atoms with E-state index >= 15 is 0 Å². The molecule has 3 N–H and O–H groups in total. The van der Waals surface area contributed by atoms with Gasteiger partial charge < -0.3 is 5.73 Å². The van der Waals surface area contributed by atoms with E-state index in [1.807, 2.05) is 0 Å². The number of hydrogen-bond donors (Lipinski definition) is 2. The Balaban J connectivity index is 2.15. The summed E-state index contributed by atoms with van der Waals surface area (Å²) >= 11 is 0. The quantitative estimate of drug-likeness (QED) is 0.871. The monoisotopic (exact) mass is 311 g/mol. The number of aromatic nitrogens is 1. The van der Waals surface area contributed by atoms with Crippen molar-refractivity contribution in [1.29, 1.82) is 0 Å². The molecule has 0 aliphatic heterocycles. The minimum atomic E-state index is -3.50. The molecule has 1 heterocycles. The summed E-state index contributed by atoms with van der Waals surface area (Å²) in [4.78, 5) is 4.28. The number of sulfonamides is 1. The molecule has 6 heteroatoms. The maximum absolute atomic E-state index is 12.5. The SMILES string of the molecule is CC(C)C1CCCCC1NS(=O)(=O)c1ccc(CN)nc1. The summed E-state index contributed by atoms with van der Waals surface area (Å²) in [5, 5.41) is 0. The van der Waals surface area contributed by atoms with Crippen molar-refractivity contribution in [3.8, 4) is 0 Å². The van der Waals surface area contributed by atoms with Crippen LogP contribution in [-0.4, -0.2) is 19.4 Å². The van der Waals surface area contributed by atoms with E-state index in [0.29, 0.717) is 24.1 Å². The first-order chi connectivity index (χ1) is 9.94. The van der Waals surface area contributed by atoms with Crippen LogP contribution in [0.15, 0.2) is 23.2 Å². The highest BCUT2D eigenvalue weighted by atomic mass is 32.2. The number of hydrogen-bond acceptors (Lipinski definition) is 4. The van der Waals surface area contributed by atoms with E-state index in [9.17, 15) is 8.42 Å². The van der Waals surface area contributed by atoms with Crippen molar-refractivity contribution < 1.29 is 8.42 Å². The molecular weight excluding hydrogens is 286 g/mol. The Morgan fingerprint density at radius 2 is 2.05 bits per heavy atom. The third kappa shape index (κ3) is 4.02. The Hall–Kier alpha value is -0.980. The van der Waals surface area contributed by atoms with Gasteiger partial charge in [-0.3, -0.25) is 4.98 Å². The lowest BCUT2D eigenvalue weighted by atomic mass is 9.78. The Morgan fingerprint density at radius 3 is 2.62 bits per heavy atom. The molecule has 0 amide bonds. The number of nitrogens with zero attached hydrogens (tertiary/aromatic N) is 1. The van der Waals surface area contributed by atoms with E-state index in [-0.39, 0.29) is 10.9 Å². The van der Waals surface area contributed by atoms with Crippen LogP contribution in [0, 0.1) is 11.8 Å². The van der Waals surface area contributed by atoms with Crippen molar-refractivity contribution in [2.24, 2.45) is 17.6 Å². The molecule has 5 nitrogen and oxygen atoms in total. The van der Waals surface area contributed by atoms with Gasteiger partial charge in [-0.25, -0.2) is 13.1 Å². The first-order valence-electron chi connectivity index (χ1n) is 7.61. The average Bonchev–Trinajstić information content (AvgIpc) is 2.47. The predicted octanol–water partition coefficient (Wildman–Crippen LogP) is 2.03. The number of nitrogens with two attached hydrogens (primary N) is 1. The van der Waals surface area contributed by atoms with Gasteiger partial charge in [-0.1, -0.05) is 26.7 Å². The van der Waals surface area contributed by atoms with Gasteiger partial charge in [0.05, 0.1) is 5.69 Å². The second kappa shape index (κ2) is 6.85. The zero-order chi connectivity index (χ0) is 15.5. The molecule has 21 heavy (non-hydrogen) atoms. The maximum Gasteiger partial charge on any atom is 0.242 e. The Labute approximate surface area is 127 Å². The van der Waals surface area contributed by atoms with Crippen LogP contribution in [0.25, 0.3) is 0 Å². The maximum atomic E-state index is 12.5. The molecule has 0 aromatic carbocycles. The van der Waals surface area contributed by atoms with Crippen LogP contribution in [0.2, 0.25) is 0 Å². The van der Waals surface area contributed by atoms with Crippen LogP contribution >= 0.6 is 0 Å². The lowest BCUT2D eigenvalue weighted by molar-refractivity contribution is 0.226. The summed E-state index contributed by atoms with van der Waals surface area (Å²) in [7, 11) is -3.50. The number of nitrogens with one attached hydrogen (secondary N) is 1. The molecule has 0 saturated heterocycles. The van der Waals surface area contributed by atoms with Gasteiger partial charge >= 0.3 is 0 Å². The molecule has 1 aliphatic rings. The van der Waals surface area contributed by atoms with E-state index < -0.39 is 10.0 Å². The fraction of sp³-hybridized carbons (Fsp3) is 0.667. The molecule has 118 valence electrons. The molecule has 1 fully saturated rings. The zero-order valence-corrected chi connectivity index (χ0v) is 13.6. The van der Waals surface area contributed by atoms with E-state index in [4.69, 9.17) is 5.73 Å². The molecule has 0 radical (unpaired) electrons. The summed E-state index contributed by atoms with van der Waals surface area (Å²) in [5.41, 5.74) is 6.17. The fourth-order valence-corrected chi connectivity index (χ4v) is 4.33. The summed E-state index contributed by atoms with van der Waals surface area (Å²) in [5.74, 6) is 0.889. The highest BCUT2D eigenvalue weighted by Crippen LogP contribution is 2.31. The Morgan fingerprint density at radius 1 is 1.33 bits per heavy atom. The molecule has 0 bridgehead atoms. The van der Waals surface area contributed by atoms with Gasteiger partial charge in [0.15, 0.2) is 0 Å². The van der Waals surface area contributed by atoms with Crippen molar-refractivity contribution in [3.05, 3.63) is 24.0 Å². The molecule has 1 saturated carbocycles. The predicted molar refractivity (Wildman–Crippen MR) is 83.0 cm³/mol. The van der Waals surface area contributed by atoms with Gasteiger partial charge in [0, 0.05) is 18.8 Å². The lowest BCUT2D eigenvalue weighted by Crippen LogP contribution is -2.43. The topological polar surface area (TPSA) is 85.1 Å². The molecule has 1 aromatic heterocycles. The molecule has 2 unspecified atom stereocenters.